The monoisotopic (exact) mass is 277 g/mol. The molecule has 1 aromatic rings. The van der Waals surface area contributed by atoms with Crippen LogP contribution in [0.25, 0.3) is 6.08 Å². The maximum atomic E-state index is 12.8. The number of benzene rings is 1. The van der Waals surface area contributed by atoms with E-state index in [4.69, 9.17) is 0 Å². The largest absolute Gasteiger partial charge is 0.348 e. The van der Waals surface area contributed by atoms with E-state index in [2.05, 4.69) is 26.1 Å². The van der Waals surface area contributed by atoms with E-state index >= 15 is 0 Å². The van der Waals surface area contributed by atoms with Crippen molar-refractivity contribution >= 4 is 12.0 Å². The minimum Gasteiger partial charge on any atom is -0.348 e. The summed E-state index contributed by atoms with van der Waals surface area (Å²) in [5, 5.41) is 2.99. The summed E-state index contributed by atoms with van der Waals surface area (Å²) in [5.74, 6) is -0.415. The molecule has 0 atom stereocenters. The Bertz CT molecular complexity index is 481. The highest BCUT2D eigenvalue weighted by atomic mass is 19.1. The Balaban J connectivity index is 2.61. The highest BCUT2D eigenvalue weighted by molar-refractivity contribution is 5.92. The van der Waals surface area contributed by atoms with E-state index in [0.717, 1.165) is 12.0 Å². The molecule has 0 aliphatic rings. The summed E-state index contributed by atoms with van der Waals surface area (Å²) < 4.78 is 12.8. The minimum absolute atomic E-state index is 0.136. The van der Waals surface area contributed by atoms with Gasteiger partial charge in [0.15, 0.2) is 0 Å². The molecule has 0 aromatic heterocycles. The molecule has 0 saturated carbocycles. The molecule has 110 valence electrons. The smallest absolute Gasteiger partial charge is 0.244 e. The van der Waals surface area contributed by atoms with Gasteiger partial charge in [-0.05, 0) is 49.5 Å². The van der Waals surface area contributed by atoms with Gasteiger partial charge in [-0.25, -0.2) is 4.39 Å². The lowest BCUT2D eigenvalue weighted by molar-refractivity contribution is -0.118. The summed E-state index contributed by atoms with van der Waals surface area (Å²) >= 11 is 0. The van der Waals surface area contributed by atoms with Crippen LogP contribution in [-0.4, -0.2) is 11.4 Å². The Labute approximate surface area is 121 Å². The Morgan fingerprint density at radius 2 is 1.70 bits per heavy atom. The van der Waals surface area contributed by atoms with Crippen molar-refractivity contribution in [1.82, 2.24) is 5.32 Å². The standard InChI is InChI=1S/C17H24FNO/c1-16(2,3)12-17(4,5)19-15(20)11-8-13-6-9-14(18)10-7-13/h6-11H,12H2,1-5H3,(H,19,20)/b11-8+. The summed E-state index contributed by atoms with van der Waals surface area (Å²) in [6, 6.07) is 6.03. The highest BCUT2D eigenvalue weighted by Crippen LogP contribution is 2.26. The van der Waals surface area contributed by atoms with Crippen LogP contribution in [0.1, 0.15) is 46.6 Å². The maximum Gasteiger partial charge on any atom is 0.244 e. The summed E-state index contributed by atoms with van der Waals surface area (Å²) in [6.45, 7) is 10.5. The number of hydrogen-bond acceptors (Lipinski definition) is 1. The third kappa shape index (κ3) is 6.50. The first-order valence-corrected chi connectivity index (χ1v) is 6.83. The zero-order valence-corrected chi connectivity index (χ0v) is 13.0. The summed E-state index contributed by atoms with van der Waals surface area (Å²) in [7, 11) is 0. The Kier molecular flexibility index (Phi) is 5.09. The van der Waals surface area contributed by atoms with Crippen molar-refractivity contribution < 1.29 is 9.18 Å². The lowest BCUT2D eigenvalue weighted by atomic mass is 9.82. The van der Waals surface area contributed by atoms with Crippen molar-refractivity contribution in [2.24, 2.45) is 5.41 Å². The van der Waals surface area contributed by atoms with Gasteiger partial charge in [0.25, 0.3) is 0 Å². The Morgan fingerprint density at radius 1 is 1.15 bits per heavy atom. The molecule has 2 nitrogen and oxygen atoms in total. The molecule has 0 radical (unpaired) electrons. The second kappa shape index (κ2) is 6.21. The molecule has 0 unspecified atom stereocenters. The van der Waals surface area contributed by atoms with Gasteiger partial charge in [0.1, 0.15) is 5.82 Å². The average molecular weight is 277 g/mol. The summed E-state index contributed by atoms with van der Waals surface area (Å²) in [4.78, 5) is 11.9. The van der Waals surface area contributed by atoms with Gasteiger partial charge in [0.2, 0.25) is 5.91 Å². The third-order valence-electron chi connectivity index (χ3n) is 2.73. The predicted octanol–water partition coefficient (Wildman–Crippen LogP) is 4.17. The molecular formula is C17H24FNO. The number of hydrogen-bond donors (Lipinski definition) is 1. The maximum absolute atomic E-state index is 12.8. The van der Waals surface area contributed by atoms with Crippen LogP contribution in [0.3, 0.4) is 0 Å². The summed E-state index contributed by atoms with van der Waals surface area (Å²) in [5.41, 5.74) is 0.690. The first-order valence-electron chi connectivity index (χ1n) is 6.83. The zero-order valence-electron chi connectivity index (χ0n) is 13.0. The van der Waals surface area contributed by atoms with Gasteiger partial charge in [0.05, 0.1) is 0 Å². The molecule has 0 aliphatic carbocycles. The molecule has 1 aromatic carbocycles. The van der Waals surface area contributed by atoms with Crippen LogP contribution < -0.4 is 5.32 Å². The summed E-state index contributed by atoms with van der Waals surface area (Å²) in [6.07, 6.45) is 4.05. The molecule has 0 fully saturated rings. The van der Waals surface area contributed by atoms with E-state index in [0.29, 0.717) is 0 Å². The average Bonchev–Trinajstić information content (AvgIpc) is 2.24. The first kappa shape index (κ1) is 16.4. The first-order chi connectivity index (χ1) is 9.07. The molecule has 0 spiro atoms. The SMILES string of the molecule is CC(C)(C)CC(C)(C)NC(=O)/C=C/c1ccc(F)cc1. The fourth-order valence-corrected chi connectivity index (χ4v) is 2.49. The number of carbonyl (C=O) groups is 1. The van der Waals surface area contributed by atoms with Crippen molar-refractivity contribution in [3.05, 3.63) is 41.7 Å². The van der Waals surface area contributed by atoms with Crippen molar-refractivity contribution in [3.63, 3.8) is 0 Å². The fraction of sp³-hybridized carbons (Fsp3) is 0.471. The number of halogens is 1. The van der Waals surface area contributed by atoms with Gasteiger partial charge in [-0.1, -0.05) is 32.9 Å². The van der Waals surface area contributed by atoms with Crippen molar-refractivity contribution in [3.8, 4) is 0 Å². The van der Waals surface area contributed by atoms with Crippen LogP contribution >= 0.6 is 0 Å². The van der Waals surface area contributed by atoms with Gasteiger partial charge in [-0.15, -0.1) is 0 Å². The quantitative estimate of drug-likeness (QED) is 0.822. The molecule has 0 aliphatic heterocycles. The molecule has 20 heavy (non-hydrogen) atoms. The second-order valence-electron chi connectivity index (χ2n) is 7.00. The predicted molar refractivity (Wildman–Crippen MR) is 81.7 cm³/mol. The molecular weight excluding hydrogens is 253 g/mol. The topological polar surface area (TPSA) is 29.1 Å². The zero-order chi connectivity index (χ0) is 15.4. The van der Waals surface area contributed by atoms with Crippen LogP contribution in [0.4, 0.5) is 4.39 Å². The van der Waals surface area contributed by atoms with Crippen LogP contribution in [0.2, 0.25) is 0 Å². The number of amides is 1. The fourth-order valence-electron chi connectivity index (χ4n) is 2.49. The van der Waals surface area contributed by atoms with E-state index in [9.17, 15) is 9.18 Å². The van der Waals surface area contributed by atoms with Crippen LogP contribution in [0.5, 0.6) is 0 Å². The Hall–Kier alpha value is -1.64. The van der Waals surface area contributed by atoms with Crippen LogP contribution in [0.15, 0.2) is 30.3 Å². The van der Waals surface area contributed by atoms with Crippen molar-refractivity contribution in [1.29, 1.82) is 0 Å². The lowest BCUT2D eigenvalue weighted by Gasteiger charge is -2.32. The lowest BCUT2D eigenvalue weighted by Crippen LogP contribution is -2.45. The van der Waals surface area contributed by atoms with Crippen LogP contribution in [-0.2, 0) is 4.79 Å². The number of carbonyl (C=O) groups excluding carboxylic acids is 1. The number of rotatable bonds is 4. The van der Waals surface area contributed by atoms with E-state index in [1.54, 1.807) is 18.2 Å². The van der Waals surface area contributed by atoms with Gasteiger partial charge in [-0.2, -0.15) is 0 Å². The normalized spacial score (nSPS) is 12.7. The van der Waals surface area contributed by atoms with Gasteiger partial charge >= 0.3 is 0 Å². The molecule has 0 bridgehead atoms. The van der Waals surface area contributed by atoms with Gasteiger partial charge < -0.3 is 5.32 Å². The Morgan fingerprint density at radius 3 is 2.20 bits per heavy atom. The van der Waals surface area contributed by atoms with Crippen molar-refractivity contribution in [2.45, 2.75) is 46.6 Å². The van der Waals surface area contributed by atoms with E-state index < -0.39 is 0 Å². The van der Waals surface area contributed by atoms with E-state index in [1.807, 2.05) is 13.8 Å². The van der Waals surface area contributed by atoms with Crippen molar-refractivity contribution in [2.75, 3.05) is 0 Å². The minimum atomic E-state index is -0.280. The van der Waals surface area contributed by atoms with Gasteiger partial charge in [-0.3, -0.25) is 4.79 Å². The van der Waals surface area contributed by atoms with E-state index in [-0.39, 0.29) is 22.7 Å². The highest BCUT2D eigenvalue weighted by Gasteiger charge is 2.26. The third-order valence-corrected chi connectivity index (χ3v) is 2.73. The molecule has 3 heteroatoms. The molecule has 1 N–H and O–H groups in total. The second-order valence-corrected chi connectivity index (χ2v) is 7.00. The molecule has 0 heterocycles. The van der Waals surface area contributed by atoms with Crippen LogP contribution in [0, 0.1) is 11.2 Å². The molecule has 1 rings (SSSR count). The van der Waals surface area contributed by atoms with Gasteiger partial charge in [0, 0.05) is 11.6 Å². The molecule has 0 saturated heterocycles. The number of nitrogens with one attached hydrogen (secondary N) is 1. The van der Waals surface area contributed by atoms with E-state index in [1.165, 1.54) is 18.2 Å². The molecule has 1 amide bonds.